The highest BCUT2D eigenvalue weighted by molar-refractivity contribution is 5.88. The Balaban J connectivity index is 2.08. The topological polar surface area (TPSA) is 44.8 Å². The van der Waals surface area contributed by atoms with Gasteiger partial charge in [-0.15, -0.1) is 0 Å². The molecule has 0 heterocycles. The second-order valence-electron chi connectivity index (χ2n) is 4.36. The van der Waals surface area contributed by atoms with E-state index in [1.165, 1.54) is 38.5 Å². The lowest BCUT2D eigenvalue weighted by Gasteiger charge is -2.07. The molecule has 0 aliphatic rings. The molecule has 0 aliphatic heterocycles. The van der Waals surface area contributed by atoms with Crippen LogP contribution in [0.25, 0.3) is 6.08 Å². The van der Waals surface area contributed by atoms with Crippen molar-refractivity contribution in [2.24, 2.45) is 0 Å². The second kappa shape index (κ2) is 7.26. The summed E-state index contributed by atoms with van der Waals surface area (Å²) in [4.78, 5) is 11.8. The van der Waals surface area contributed by atoms with Crippen LogP contribution in [0.15, 0.2) is 48.5 Å². The minimum absolute atomic E-state index is 0.296. The van der Waals surface area contributed by atoms with Gasteiger partial charge in [-0.1, -0.05) is 12.1 Å². The highest BCUT2D eigenvalue weighted by Crippen LogP contribution is 2.27. The van der Waals surface area contributed by atoms with E-state index in [2.05, 4.69) is 0 Å². The number of hydrogen-bond donors (Lipinski definition) is 0. The summed E-state index contributed by atoms with van der Waals surface area (Å²) in [5.74, 6) is 0.366. The van der Waals surface area contributed by atoms with Crippen LogP contribution in [0.1, 0.15) is 5.56 Å². The van der Waals surface area contributed by atoms with Crippen molar-refractivity contribution in [2.45, 2.75) is 0 Å². The van der Waals surface area contributed by atoms with E-state index in [9.17, 15) is 9.18 Å². The zero-order valence-electron chi connectivity index (χ0n) is 12.2. The van der Waals surface area contributed by atoms with Crippen molar-refractivity contribution in [2.75, 3.05) is 14.2 Å². The van der Waals surface area contributed by atoms with Crippen LogP contribution in [0.5, 0.6) is 17.2 Å². The van der Waals surface area contributed by atoms with Gasteiger partial charge >= 0.3 is 5.97 Å². The quantitative estimate of drug-likeness (QED) is 0.482. The predicted octanol–water partition coefficient (Wildman–Crippen LogP) is 3.46. The number of methoxy groups -OCH3 is 2. The molecule has 0 N–H and O–H groups in total. The molecule has 0 aromatic heterocycles. The average molecular weight is 302 g/mol. The lowest BCUT2D eigenvalue weighted by Crippen LogP contribution is -2.04. The molecule has 0 saturated carbocycles. The highest BCUT2D eigenvalue weighted by Gasteiger charge is 2.06. The van der Waals surface area contributed by atoms with Gasteiger partial charge in [0.1, 0.15) is 23.1 Å². The maximum Gasteiger partial charge on any atom is 0.336 e. The van der Waals surface area contributed by atoms with Crippen molar-refractivity contribution >= 4 is 12.0 Å². The fourth-order valence-corrected chi connectivity index (χ4v) is 1.76. The Labute approximate surface area is 127 Å². The lowest BCUT2D eigenvalue weighted by atomic mass is 10.2. The van der Waals surface area contributed by atoms with Crippen LogP contribution in [0, 0.1) is 5.82 Å². The fraction of sp³-hybridized carbons (Fsp3) is 0.118. The van der Waals surface area contributed by atoms with Gasteiger partial charge in [-0.05, 0) is 23.8 Å². The SMILES string of the molecule is COc1cc(OC)cc(OC(=O)/C=C/c2cccc(F)c2)c1. The summed E-state index contributed by atoms with van der Waals surface area (Å²) in [5.41, 5.74) is 0.570. The minimum atomic E-state index is -0.584. The molecule has 0 amide bonds. The number of halogens is 1. The molecule has 0 atom stereocenters. The first-order valence-electron chi connectivity index (χ1n) is 6.49. The van der Waals surface area contributed by atoms with Gasteiger partial charge in [0.15, 0.2) is 0 Å². The van der Waals surface area contributed by atoms with E-state index in [0.29, 0.717) is 22.8 Å². The van der Waals surface area contributed by atoms with Gasteiger partial charge in [0.05, 0.1) is 14.2 Å². The number of benzene rings is 2. The van der Waals surface area contributed by atoms with E-state index in [-0.39, 0.29) is 5.82 Å². The Morgan fingerprint density at radius 1 is 1.00 bits per heavy atom. The van der Waals surface area contributed by atoms with E-state index in [1.807, 2.05) is 0 Å². The van der Waals surface area contributed by atoms with Crippen molar-refractivity contribution < 1.29 is 23.4 Å². The predicted molar refractivity (Wildman–Crippen MR) is 80.6 cm³/mol. The summed E-state index contributed by atoms with van der Waals surface area (Å²) in [7, 11) is 3.01. The normalized spacial score (nSPS) is 10.5. The van der Waals surface area contributed by atoms with Crippen molar-refractivity contribution in [1.82, 2.24) is 0 Å². The fourth-order valence-electron chi connectivity index (χ4n) is 1.76. The van der Waals surface area contributed by atoms with Crippen LogP contribution in [0.2, 0.25) is 0 Å². The molecule has 2 aromatic carbocycles. The highest BCUT2D eigenvalue weighted by atomic mass is 19.1. The van der Waals surface area contributed by atoms with Gasteiger partial charge in [0, 0.05) is 24.3 Å². The zero-order chi connectivity index (χ0) is 15.9. The van der Waals surface area contributed by atoms with Crippen LogP contribution in [-0.4, -0.2) is 20.2 Å². The van der Waals surface area contributed by atoms with Crippen LogP contribution < -0.4 is 14.2 Å². The monoisotopic (exact) mass is 302 g/mol. The molecule has 0 aliphatic carbocycles. The summed E-state index contributed by atoms with van der Waals surface area (Å²) in [5, 5.41) is 0. The second-order valence-corrected chi connectivity index (χ2v) is 4.36. The Hall–Kier alpha value is -2.82. The third-order valence-electron chi connectivity index (χ3n) is 2.80. The zero-order valence-corrected chi connectivity index (χ0v) is 12.2. The maximum absolute atomic E-state index is 13.0. The Bertz CT molecular complexity index is 673. The molecule has 4 nitrogen and oxygen atoms in total. The molecule has 0 spiro atoms. The third kappa shape index (κ3) is 4.34. The number of ether oxygens (including phenoxy) is 3. The first-order valence-corrected chi connectivity index (χ1v) is 6.49. The first-order chi connectivity index (χ1) is 10.6. The Kier molecular flexibility index (Phi) is 5.14. The van der Waals surface area contributed by atoms with Gasteiger partial charge < -0.3 is 14.2 Å². The van der Waals surface area contributed by atoms with E-state index in [1.54, 1.807) is 30.3 Å². The third-order valence-corrected chi connectivity index (χ3v) is 2.80. The van der Waals surface area contributed by atoms with Crippen molar-refractivity contribution in [1.29, 1.82) is 0 Å². The molecule has 0 bridgehead atoms. The van der Waals surface area contributed by atoms with Crippen molar-refractivity contribution in [3.8, 4) is 17.2 Å². The number of carbonyl (C=O) groups is 1. The molecule has 0 radical (unpaired) electrons. The summed E-state index contributed by atoms with van der Waals surface area (Å²) < 4.78 is 28.4. The molecule has 0 fully saturated rings. The van der Waals surface area contributed by atoms with Crippen LogP contribution in [0.4, 0.5) is 4.39 Å². The van der Waals surface area contributed by atoms with Crippen molar-refractivity contribution in [3.63, 3.8) is 0 Å². The Morgan fingerprint density at radius 2 is 1.64 bits per heavy atom. The first kappa shape index (κ1) is 15.6. The summed E-state index contributed by atoms with van der Waals surface area (Å²) in [6.07, 6.45) is 2.70. The molecule has 22 heavy (non-hydrogen) atoms. The van der Waals surface area contributed by atoms with Gasteiger partial charge in [-0.3, -0.25) is 0 Å². The molecule has 2 rings (SSSR count). The van der Waals surface area contributed by atoms with Gasteiger partial charge in [-0.2, -0.15) is 0 Å². The van der Waals surface area contributed by atoms with E-state index in [4.69, 9.17) is 14.2 Å². The molecule has 5 heteroatoms. The maximum atomic E-state index is 13.0. The molecular formula is C17H15FO4. The standard InChI is InChI=1S/C17H15FO4/c1-20-14-9-15(21-2)11-16(10-14)22-17(19)7-6-12-4-3-5-13(18)8-12/h3-11H,1-2H3/b7-6+. The Morgan fingerprint density at radius 3 is 2.23 bits per heavy atom. The molecule has 0 saturated heterocycles. The summed E-state index contributed by atoms with van der Waals surface area (Å²) in [6.45, 7) is 0. The average Bonchev–Trinajstić information content (AvgIpc) is 2.52. The van der Waals surface area contributed by atoms with Gasteiger partial charge in [-0.25, -0.2) is 9.18 Å². The number of hydrogen-bond acceptors (Lipinski definition) is 4. The van der Waals surface area contributed by atoms with Gasteiger partial charge in [0.25, 0.3) is 0 Å². The van der Waals surface area contributed by atoms with Gasteiger partial charge in [0.2, 0.25) is 0 Å². The van der Waals surface area contributed by atoms with Crippen LogP contribution in [0.3, 0.4) is 0 Å². The summed E-state index contributed by atoms with van der Waals surface area (Å²) in [6, 6.07) is 10.7. The number of rotatable bonds is 5. The molecule has 0 unspecified atom stereocenters. The smallest absolute Gasteiger partial charge is 0.336 e. The number of esters is 1. The summed E-state index contributed by atoms with van der Waals surface area (Å²) >= 11 is 0. The van der Waals surface area contributed by atoms with E-state index < -0.39 is 5.97 Å². The number of carbonyl (C=O) groups excluding carboxylic acids is 1. The minimum Gasteiger partial charge on any atom is -0.496 e. The van der Waals surface area contributed by atoms with Crippen LogP contribution >= 0.6 is 0 Å². The lowest BCUT2D eigenvalue weighted by molar-refractivity contribution is -0.128. The van der Waals surface area contributed by atoms with Crippen LogP contribution in [-0.2, 0) is 4.79 Å². The van der Waals surface area contributed by atoms with Crippen molar-refractivity contribution in [3.05, 3.63) is 59.9 Å². The molecule has 2 aromatic rings. The van der Waals surface area contributed by atoms with E-state index in [0.717, 1.165) is 0 Å². The largest absolute Gasteiger partial charge is 0.496 e. The molecular weight excluding hydrogens is 287 g/mol. The molecule has 114 valence electrons. The van der Waals surface area contributed by atoms with E-state index >= 15 is 0 Å².